The third kappa shape index (κ3) is 2.39. The van der Waals surface area contributed by atoms with E-state index in [-0.39, 0.29) is 11.9 Å². The van der Waals surface area contributed by atoms with Gasteiger partial charge in [-0.1, -0.05) is 28.1 Å². The number of rotatable bonds is 2. The molecule has 7 heteroatoms. The highest BCUT2D eigenvalue weighted by atomic mass is 79.9. The van der Waals surface area contributed by atoms with E-state index in [0.29, 0.717) is 18.8 Å². The van der Waals surface area contributed by atoms with Crippen LogP contribution in [0.4, 0.5) is 4.79 Å². The SMILES string of the molecule is CC1(c2ccc(Br)cc2)N=C(C2CCCN2C(=O)O)NC1=O. The molecule has 1 aromatic rings. The molecule has 1 fully saturated rings. The highest BCUT2D eigenvalue weighted by Gasteiger charge is 2.45. The zero-order chi connectivity index (χ0) is 15.9. The van der Waals surface area contributed by atoms with Crippen LogP contribution in [0.25, 0.3) is 0 Å². The van der Waals surface area contributed by atoms with Crippen molar-refractivity contribution >= 4 is 33.8 Å². The van der Waals surface area contributed by atoms with E-state index in [4.69, 9.17) is 0 Å². The monoisotopic (exact) mass is 365 g/mol. The van der Waals surface area contributed by atoms with Gasteiger partial charge in [0.05, 0.1) is 6.04 Å². The molecule has 0 aliphatic carbocycles. The molecule has 3 rings (SSSR count). The Morgan fingerprint density at radius 3 is 2.77 bits per heavy atom. The Bertz CT molecular complexity index is 659. The normalized spacial score (nSPS) is 27.7. The summed E-state index contributed by atoms with van der Waals surface area (Å²) in [5.41, 5.74) is -0.230. The number of amidine groups is 1. The van der Waals surface area contributed by atoms with Gasteiger partial charge in [0.1, 0.15) is 5.84 Å². The van der Waals surface area contributed by atoms with E-state index in [1.54, 1.807) is 6.92 Å². The molecule has 2 heterocycles. The van der Waals surface area contributed by atoms with E-state index in [0.717, 1.165) is 16.5 Å². The number of nitrogens with zero attached hydrogens (tertiary/aromatic N) is 2. The summed E-state index contributed by atoms with van der Waals surface area (Å²) in [4.78, 5) is 29.6. The first-order valence-electron chi connectivity index (χ1n) is 7.08. The number of carbonyl (C=O) groups is 2. The Labute approximate surface area is 136 Å². The zero-order valence-corrected chi connectivity index (χ0v) is 13.6. The summed E-state index contributed by atoms with van der Waals surface area (Å²) in [6, 6.07) is 7.05. The molecule has 0 saturated carbocycles. The van der Waals surface area contributed by atoms with Crippen molar-refractivity contribution < 1.29 is 14.7 Å². The number of likely N-dealkylation sites (tertiary alicyclic amines) is 1. The molecule has 2 atom stereocenters. The zero-order valence-electron chi connectivity index (χ0n) is 12.0. The maximum Gasteiger partial charge on any atom is 0.407 e. The Kier molecular flexibility index (Phi) is 3.68. The fourth-order valence-corrected chi connectivity index (χ4v) is 3.23. The van der Waals surface area contributed by atoms with E-state index < -0.39 is 11.6 Å². The van der Waals surface area contributed by atoms with E-state index in [2.05, 4.69) is 26.2 Å². The molecule has 1 saturated heterocycles. The molecule has 0 spiro atoms. The van der Waals surface area contributed by atoms with Gasteiger partial charge < -0.3 is 10.4 Å². The summed E-state index contributed by atoms with van der Waals surface area (Å²) in [6.45, 7) is 2.22. The number of hydrogen-bond donors (Lipinski definition) is 2. The maximum atomic E-state index is 12.4. The van der Waals surface area contributed by atoms with Gasteiger partial charge >= 0.3 is 6.09 Å². The van der Waals surface area contributed by atoms with Crippen molar-refractivity contribution in [3.8, 4) is 0 Å². The molecule has 22 heavy (non-hydrogen) atoms. The van der Waals surface area contributed by atoms with Crippen LogP contribution in [0.15, 0.2) is 33.7 Å². The molecule has 2 amide bonds. The highest BCUT2D eigenvalue weighted by molar-refractivity contribution is 9.10. The van der Waals surface area contributed by atoms with E-state index in [1.807, 2.05) is 24.3 Å². The second kappa shape index (κ2) is 5.39. The van der Waals surface area contributed by atoms with E-state index in [9.17, 15) is 14.7 Å². The molecule has 6 nitrogen and oxygen atoms in total. The first-order chi connectivity index (χ1) is 10.4. The summed E-state index contributed by atoms with van der Waals surface area (Å²) in [5, 5.41) is 12.0. The minimum absolute atomic E-state index is 0.220. The third-order valence-electron chi connectivity index (χ3n) is 4.25. The van der Waals surface area contributed by atoms with Gasteiger partial charge in [0.25, 0.3) is 5.91 Å². The van der Waals surface area contributed by atoms with Crippen LogP contribution < -0.4 is 5.32 Å². The molecule has 0 bridgehead atoms. The number of benzene rings is 1. The van der Waals surface area contributed by atoms with Crippen molar-refractivity contribution in [2.24, 2.45) is 4.99 Å². The first-order valence-corrected chi connectivity index (χ1v) is 7.88. The minimum Gasteiger partial charge on any atom is -0.465 e. The Morgan fingerprint density at radius 1 is 1.45 bits per heavy atom. The molecular formula is C15H16BrN3O3. The Morgan fingerprint density at radius 2 is 2.14 bits per heavy atom. The molecule has 1 aromatic carbocycles. The lowest BCUT2D eigenvalue weighted by Crippen LogP contribution is -2.45. The van der Waals surface area contributed by atoms with Crippen LogP contribution in [0.3, 0.4) is 0 Å². The number of carboxylic acid groups (broad SMARTS) is 1. The summed E-state index contributed by atoms with van der Waals surface area (Å²) in [7, 11) is 0. The number of nitrogens with one attached hydrogen (secondary N) is 1. The highest BCUT2D eigenvalue weighted by Crippen LogP contribution is 2.32. The van der Waals surface area contributed by atoms with Crippen molar-refractivity contribution in [1.82, 2.24) is 10.2 Å². The number of carbonyl (C=O) groups excluding carboxylic acids is 1. The van der Waals surface area contributed by atoms with Crippen molar-refractivity contribution in [3.05, 3.63) is 34.3 Å². The molecule has 2 aliphatic heterocycles. The van der Waals surface area contributed by atoms with Crippen molar-refractivity contribution in [3.63, 3.8) is 0 Å². The molecule has 0 aromatic heterocycles. The summed E-state index contributed by atoms with van der Waals surface area (Å²) >= 11 is 3.37. The number of amides is 2. The number of hydrogen-bond acceptors (Lipinski definition) is 3. The van der Waals surface area contributed by atoms with Crippen LogP contribution in [-0.2, 0) is 10.3 Å². The van der Waals surface area contributed by atoms with Gasteiger partial charge in [-0.3, -0.25) is 9.69 Å². The first kappa shape index (κ1) is 15.0. The second-order valence-electron chi connectivity index (χ2n) is 5.66. The van der Waals surface area contributed by atoms with Gasteiger partial charge in [-0.2, -0.15) is 0 Å². The predicted molar refractivity (Wildman–Crippen MR) is 84.8 cm³/mol. The smallest absolute Gasteiger partial charge is 0.407 e. The Hall–Kier alpha value is -1.89. The molecular weight excluding hydrogens is 350 g/mol. The van der Waals surface area contributed by atoms with Crippen LogP contribution in [0.2, 0.25) is 0 Å². The van der Waals surface area contributed by atoms with Crippen LogP contribution in [0, 0.1) is 0 Å². The van der Waals surface area contributed by atoms with E-state index in [1.165, 1.54) is 4.90 Å². The minimum atomic E-state index is -1.01. The van der Waals surface area contributed by atoms with Crippen LogP contribution in [0.1, 0.15) is 25.3 Å². The van der Waals surface area contributed by atoms with Crippen LogP contribution in [0.5, 0.6) is 0 Å². The summed E-state index contributed by atoms with van der Waals surface area (Å²) < 4.78 is 0.926. The van der Waals surface area contributed by atoms with Crippen molar-refractivity contribution in [2.45, 2.75) is 31.3 Å². The number of aliphatic imine (C=N–C) groups is 1. The predicted octanol–water partition coefficient (Wildman–Crippen LogP) is 2.33. The topological polar surface area (TPSA) is 82.0 Å². The lowest BCUT2D eigenvalue weighted by atomic mass is 9.93. The second-order valence-corrected chi connectivity index (χ2v) is 6.58. The average Bonchev–Trinajstić information content (AvgIpc) is 3.06. The van der Waals surface area contributed by atoms with Gasteiger partial charge in [-0.15, -0.1) is 0 Å². The molecule has 2 unspecified atom stereocenters. The lowest BCUT2D eigenvalue weighted by molar-refractivity contribution is -0.123. The molecule has 2 N–H and O–H groups in total. The largest absolute Gasteiger partial charge is 0.465 e. The molecule has 0 radical (unpaired) electrons. The quantitative estimate of drug-likeness (QED) is 0.843. The average molecular weight is 366 g/mol. The van der Waals surface area contributed by atoms with Gasteiger partial charge in [0.15, 0.2) is 5.54 Å². The third-order valence-corrected chi connectivity index (χ3v) is 4.78. The van der Waals surface area contributed by atoms with Crippen LogP contribution in [-0.4, -0.2) is 40.4 Å². The van der Waals surface area contributed by atoms with E-state index >= 15 is 0 Å². The molecule has 2 aliphatic rings. The fourth-order valence-electron chi connectivity index (χ4n) is 2.97. The summed E-state index contributed by atoms with van der Waals surface area (Å²) in [5.74, 6) is 0.234. The summed E-state index contributed by atoms with van der Waals surface area (Å²) in [6.07, 6.45) is 0.486. The van der Waals surface area contributed by atoms with Gasteiger partial charge in [0, 0.05) is 11.0 Å². The maximum absolute atomic E-state index is 12.4. The van der Waals surface area contributed by atoms with Gasteiger partial charge in [-0.25, -0.2) is 9.79 Å². The van der Waals surface area contributed by atoms with Crippen molar-refractivity contribution in [2.75, 3.05) is 6.54 Å². The van der Waals surface area contributed by atoms with Crippen LogP contribution >= 0.6 is 15.9 Å². The standard InChI is InChI=1S/C15H16BrN3O3/c1-15(9-4-6-10(16)7-5-9)13(20)17-12(18-15)11-3-2-8-19(11)14(21)22/h4-7,11H,2-3,8H2,1H3,(H,21,22)(H,17,18,20). The fraction of sp³-hybridized carbons (Fsp3) is 0.400. The van der Waals surface area contributed by atoms with Crippen molar-refractivity contribution in [1.29, 1.82) is 0 Å². The van der Waals surface area contributed by atoms with Gasteiger partial charge in [-0.05, 0) is 37.5 Å². The van der Waals surface area contributed by atoms with Gasteiger partial charge in [0.2, 0.25) is 0 Å². The lowest BCUT2D eigenvalue weighted by Gasteiger charge is -2.21. The Balaban J connectivity index is 1.94. The molecule has 116 valence electrons. The number of halogens is 1.